The smallest absolute Gasteiger partial charge is 0.0724 e. The number of nitrogens with one attached hydrogen (secondary N) is 1. The van der Waals surface area contributed by atoms with Gasteiger partial charge in [0.15, 0.2) is 0 Å². The highest BCUT2D eigenvalue weighted by molar-refractivity contribution is 5.96. The molecular formula is C15H21N3O. The summed E-state index contributed by atoms with van der Waals surface area (Å²) in [5.41, 5.74) is 8.77. The summed E-state index contributed by atoms with van der Waals surface area (Å²) in [7, 11) is 0. The zero-order chi connectivity index (χ0) is 13.7. The number of aromatic nitrogens is 1. The lowest BCUT2D eigenvalue weighted by Crippen LogP contribution is -2.08. The third kappa shape index (κ3) is 3.35. The molecule has 2 rings (SSSR count). The van der Waals surface area contributed by atoms with Gasteiger partial charge in [0.1, 0.15) is 0 Å². The summed E-state index contributed by atoms with van der Waals surface area (Å²) < 4.78 is 0. The molecule has 4 N–H and O–H groups in total. The second-order valence-electron chi connectivity index (χ2n) is 4.95. The summed E-state index contributed by atoms with van der Waals surface area (Å²) in [6, 6.07) is 7.83. The number of nitrogen functional groups attached to an aromatic ring is 1. The third-order valence-electron chi connectivity index (χ3n) is 3.33. The van der Waals surface area contributed by atoms with E-state index < -0.39 is 0 Å². The fourth-order valence-corrected chi connectivity index (χ4v) is 2.09. The van der Waals surface area contributed by atoms with E-state index in [1.807, 2.05) is 24.3 Å². The van der Waals surface area contributed by atoms with E-state index in [4.69, 9.17) is 10.8 Å². The van der Waals surface area contributed by atoms with Gasteiger partial charge in [-0.2, -0.15) is 0 Å². The van der Waals surface area contributed by atoms with Crippen molar-refractivity contribution in [1.29, 1.82) is 0 Å². The van der Waals surface area contributed by atoms with Crippen LogP contribution in [-0.4, -0.2) is 23.2 Å². The van der Waals surface area contributed by atoms with Crippen molar-refractivity contribution in [2.75, 3.05) is 24.2 Å². The Morgan fingerprint density at radius 2 is 2.21 bits per heavy atom. The summed E-state index contributed by atoms with van der Waals surface area (Å²) in [6.45, 7) is 3.17. The minimum absolute atomic E-state index is 0.254. The normalized spacial score (nSPS) is 12.5. The Morgan fingerprint density at radius 1 is 1.37 bits per heavy atom. The molecule has 4 heteroatoms. The maximum atomic E-state index is 8.97. The predicted octanol–water partition coefficient (Wildman–Crippen LogP) is 2.64. The van der Waals surface area contributed by atoms with Crippen LogP contribution in [0.5, 0.6) is 0 Å². The molecule has 0 fully saturated rings. The summed E-state index contributed by atoms with van der Waals surface area (Å²) >= 11 is 0. The van der Waals surface area contributed by atoms with Gasteiger partial charge >= 0.3 is 0 Å². The molecule has 0 radical (unpaired) electrons. The van der Waals surface area contributed by atoms with Crippen molar-refractivity contribution in [2.24, 2.45) is 5.92 Å². The third-order valence-corrected chi connectivity index (χ3v) is 3.33. The zero-order valence-electron chi connectivity index (χ0n) is 11.3. The fraction of sp³-hybridized carbons (Fsp3) is 0.400. The van der Waals surface area contributed by atoms with Crippen LogP contribution in [0, 0.1) is 5.92 Å². The summed E-state index contributed by atoms with van der Waals surface area (Å²) in [4.78, 5) is 4.28. The maximum absolute atomic E-state index is 8.97. The quantitative estimate of drug-likeness (QED) is 0.551. The zero-order valence-corrected chi connectivity index (χ0v) is 11.3. The van der Waals surface area contributed by atoms with Crippen molar-refractivity contribution in [3.63, 3.8) is 0 Å². The molecule has 0 saturated heterocycles. The van der Waals surface area contributed by atoms with Crippen molar-refractivity contribution < 1.29 is 5.11 Å². The molecule has 1 aromatic heterocycles. The van der Waals surface area contributed by atoms with Crippen LogP contribution >= 0.6 is 0 Å². The molecule has 0 spiro atoms. The fourth-order valence-electron chi connectivity index (χ4n) is 2.09. The summed E-state index contributed by atoms with van der Waals surface area (Å²) in [5.74, 6) is 0.361. The van der Waals surface area contributed by atoms with Gasteiger partial charge in [-0.1, -0.05) is 6.92 Å². The van der Waals surface area contributed by atoms with Crippen LogP contribution in [0.4, 0.5) is 11.4 Å². The van der Waals surface area contributed by atoms with Gasteiger partial charge in [-0.15, -0.1) is 0 Å². The Morgan fingerprint density at radius 3 is 3.00 bits per heavy atom. The lowest BCUT2D eigenvalue weighted by atomic mass is 10.1. The standard InChI is InChI=1S/C15H21N3O/c1-11(10-19)4-2-8-18-14-7-6-13-12(15(14)16)5-3-9-17-13/h3,5-7,9,11,18-19H,2,4,8,10,16H2,1H3. The second-order valence-corrected chi connectivity index (χ2v) is 4.95. The number of nitrogens with two attached hydrogens (primary N) is 1. The molecule has 1 aromatic carbocycles. The largest absolute Gasteiger partial charge is 0.397 e. The van der Waals surface area contributed by atoms with Crippen molar-refractivity contribution >= 4 is 22.3 Å². The lowest BCUT2D eigenvalue weighted by molar-refractivity contribution is 0.229. The number of hydrogen-bond acceptors (Lipinski definition) is 4. The van der Waals surface area contributed by atoms with Gasteiger partial charge in [0.05, 0.1) is 16.9 Å². The molecule has 1 heterocycles. The number of nitrogens with zero attached hydrogens (tertiary/aromatic N) is 1. The first-order chi connectivity index (χ1) is 9.22. The van der Waals surface area contributed by atoms with Crippen LogP contribution in [0.3, 0.4) is 0 Å². The summed E-state index contributed by atoms with van der Waals surface area (Å²) in [5, 5.41) is 13.3. The minimum atomic E-state index is 0.254. The summed E-state index contributed by atoms with van der Waals surface area (Å²) in [6.07, 6.45) is 3.80. The lowest BCUT2D eigenvalue weighted by Gasteiger charge is -2.12. The Bertz CT molecular complexity index is 542. The molecular weight excluding hydrogens is 238 g/mol. The van der Waals surface area contributed by atoms with Crippen LogP contribution in [0.25, 0.3) is 10.9 Å². The Hall–Kier alpha value is -1.81. The van der Waals surface area contributed by atoms with E-state index in [1.165, 1.54) is 0 Å². The molecule has 0 aliphatic heterocycles. The Labute approximate surface area is 113 Å². The number of rotatable bonds is 6. The predicted molar refractivity (Wildman–Crippen MR) is 80.1 cm³/mol. The molecule has 19 heavy (non-hydrogen) atoms. The number of hydrogen-bond donors (Lipinski definition) is 3. The highest BCUT2D eigenvalue weighted by Gasteiger charge is 2.05. The highest BCUT2D eigenvalue weighted by atomic mass is 16.3. The second kappa shape index (κ2) is 6.38. The van der Waals surface area contributed by atoms with Gasteiger partial charge < -0.3 is 16.2 Å². The van der Waals surface area contributed by atoms with E-state index >= 15 is 0 Å². The van der Waals surface area contributed by atoms with Crippen LogP contribution in [0.15, 0.2) is 30.5 Å². The first-order valence-corrected chi connectivity index (χ1v) is 6.70. The van der Waals surface area contributed by atoms with Gasteiger partial charge in [-0.3, -0.25) is 4.98 Å². The SMILES string of the molecule is CC(CO)CCCNc1ccc2ncccc2c1N. The average molecular weight is 259 g/mol. The number of pyridine rings is 1. The first kappa shape index (κ1) is 13.6. The van der Waals surface area contributed by atoms with E-state index in [-0.39, 0.29) is 6.61 Å². The van der Waals surface area contributed by atoms with Crippen molar-refractivity contribution in [3.05, 3.63) is 30.5 Å². The van der Waals surface area contributed by atoms with Crippen LogP contribution in [-0.2, 0) is 0 Å². The number of benzene rings is 1. The van der Waals surface area contributed by atoms with E-state index in [0.717, 1.165) is 41.7 Å². The molecule has 0 saturated carbocycles. The van der Waals surface area contributed by atoms with Gasteiger partial charge in [-0.05, 0) is 43.0 Å². The van der Waals surface area contributed by atoms with Gasteiger partial charge in [0.25, 0.3) is 0 Å². The van der Waals surface area contributed by atoms with Crippen LogP contribution < -0.4 is 11.1 Å². The molecule has 1 atom stereocenters. The molecule has 0 aliphatic rings. The Balaban J connectivity index is 1.99. The molecule has 0 aliphatic carbocycles. The van der Waals surface area contributed by atoms with Gasteiger partial charge in [0, 0.05) is 24.7 Å². The maximum Gasteiger partial charge on any atom is 0.0724 e. The number of aliphatic hydroxyl groups excluding tert-OH is 1. The van der Waals surface area contributed by atoms with E-state index in [2.05, 4.69) is 17.2 Å². The first-order valence-electron chi connectivity index (χ1n) is 6.70. The minimum Gasteiger partial charge on any atom is -0.397 e. The topological polar surface area (TPSA) is 71.2 Å². The van der Waals surface area contributed by atoms with Crippen molar-refractivity contribution in [1.82, 2.24) is 4.98 Å². The number of anilines is 2. The monoisotopic (exact) mass is 259 g/mol. The van der Waals surface area contributed by atoms with Crippen molar-refractivity contribution in [3.8, 4) is 0 Å². The van der Waals surface area contributed by atoms with Crippen molar-refractivity contribution in [2.45, 2.75) is 19.8 Å². The van der Waals surface area contributed by atoms with E-state index in [9.17, 15) is 0 Å². The van der Waals surface area contributed by atoms with E-state index in [0.29, 0.717) is 5.92 Å². The van der Waals surface area contributed by atoms with Gasteiger partial charge in [0.2, 0.25) is 0 Å². The number of aliphatic hydroxyl groups is 1. The molecule has 102 valence electrons. The average Bonchev–Trinajstić information content (AvgIpc) is 2.45. The highest BCUT2D eigenvalue weighted by Crippen LogP contribution is 2.27. The molecule has 4 nitrogen and oxygen atoms in total. The molecule has 0 amide bonds. The molecule has 2 aromatic rings. The van der Waals surface area contributed by atoms with E-state index in [1.54, 1.807) is 6.20 Å². The van der Waals surface area contributed by atoms with Crippen LogP contribution in [0.2, 0.25) is 0 Å². The van der Waals surface area contributed by atoms with Gasteiger partial charge in [-0.25, -0.2) is 0 Å². The van der Waals surface area contributed by atoms with Crippen LogP contribution in [0.1, 0.15) is 19.8 Å². The Kier molecular flexibility index (Phi) is 4.58. The number of fused-ring (bicyclic) bond motifs is 1. The molecule has 1 unspecified atom stereocenters. The molecule has 0 bridgehead atoms.